The Morgan fingerprint density at radius 1 is 1.32 bits per heavy atom. The first-order chi connectivity index (χ1) is 14.9. The smallest absolute Gasteiger partial charge is 0.150 e. The molecule has 0 unspecified atom stereocenters. The summed E-state index contributed by atoms with van der Waals surface area (Å²) in [5.41, 5.74) is 11.0. The van der Waals surface area contributed by atoms with Gasteiger partial charge in [-0.25, -0.2) is 0 Å². The molecule has 2 aromatic rings. The van der Waals surface area contributed by atoms with Crippen molar-refractivity contribution in [1.29, 1.82) is 0 Å². The molecule has 2 aliphatic heterocycles. The summed E-state index contributed by atoms with van der Waals surface area (Å²) in [7, 11) is 2.02. The molecule has 3 aliphatic rings. The minimum Gasteiger partial charge on any atom is -0.490 e. The Hall–Kier alpha value is -1.19. The number of hydrogen-bond donors (Lipinski definition) is 2. The second-order valence-corrected chi connectivity index (χ2v) is 9.28. The summed E-state index contributed by atoms with van der Waals surface area (Å²) in [6.45, 7) is 3.86. The first kappa shape index (κ1) is 24.5. The van der Waals surface area contributed by atoms with Crippen molar-refractivity contribution in [2.75, 3.05) is 26.8 Å². The maximum atomic E-state index is 10.7. The van der Waals surface area contributed by atoms with E-state index in [1.54, 1.807) is 0 Å². The molecule has 2 saturated heterocycles. The number of nitrogens with two attached hydrogens (primary N) is 1. The molecule has 0 spiro atoms. The first-order valence-corrected chi connectivity index (χ1v) is 12.4. The Labute approximate surface area is 203 Å². The lowest BCUT2D eigenvalue weighted by Crippen LogP contribution is -2.50. The van der Waals surface area contributed by atoms with Gasteiger partial charge in [-0.1, -0.05) is 64.5 Å². The van der Waals surface area contributed by atoms with Crippen molar-refractivity contribution >= 4 is 40.5 Å². The predicted octanol–water partition coefficient (Wildman–Crippen LogP) is 4.46. The van der Waals surface area contributed by atoms with Crippen LogP contribution in [0.4, 0.5) is 0 Å². The average Bonchev–Trinajstić information content (AvgIpc) is 3.39. The number of rotatable bonds is 8. The molecule has 1 saturated carbocycles. The monoisotopic (exact) mass is 556 g/mol. The van der Waals surface area contributed by atoms with Crippen molar-refractivity contribution in [3.8, 4) is 5.75 Å². The van der Waals surface area contributed by atoms with Crippen molar-refractivity contribution in [3.63, 3.8) is 0 Å². The van der Waals surface area contributed by atoms with Crippen molar-refractivity contribution < 1.29 is 14.3 Å². The standard InChI is InChI=1S/C18H19ClINO2.C6H11NO/c1-12-15(8-13-2-4-14(11-22)5-3-13)9-16(10-20)18(17(12)19)23-7-6-21;1-7-6-2-5(3-6)8-4-6/h2-5,9,11H,6-8,10,21H2,1H3;5,7H,2-4H2,1H3. The third kappa shape index (κ3) is 5.79. The number of likely N-dealkylation sites (N-methyl/N-ethyl adjacent to an activating group) is 1. The number of aldehydes is 1. The van der Waals surface area contributed by atoms with Gasteiger partial charge in [-0.3, -0.25) is 4.79 Å². The molecule has 2 bridgehead atoms. The number of alkyl halides is 1. The maximum absolute atomic E-state index is 10.7. The Morgan fingerprint density at radius 3 is 2.52 bits per heavy atom. The zero-order chi connectivity index (χ0) is 22.4. The van der Waals surface area contributed by atoms with E-state index in [1.165, 1.54) is 18.4 Å². The zero-order valence-electron chi connectivity index (χ0n) is 18.0. The van der Waals surface area contributed by atoms with Crippen LogP contribution in [-0.2, 0) is 15.6 Å². The van der Waals surface area contributed by atoms with Gasteiger partial charge in [-0.05, 0) is 49.9 Å². The highest BCUT2D eigenvalue weighted by Crippen LogP contribution is 2.41. The molecule has 31 heavy (non-hydrogen) atoms. The number of ether oxygens (including phenoxy) is 2. The SMILES string of the molecule is CNC12COC(C1)C2.Cc1c(Cc2ccc(C=O)cc2)cc(CI)c(OCCN)c1Cl. The molecule has 5 nitrogen and oxygen atoms in total. The number of nitrogens with one attached hydrogen (secondary N) is 1. The highest BCUT2D eigenvalue weighted by molar-refractivity contribution is 14.1. The fraction of sp³-hybridized carbons (Fsp3) is 0.458. The third-order valence-electron chi connectivity index (χ3n) is 6.03. The van der Waals surface area contributed by atoms with E-state index in [9.17, 15) is 4.79 Å². The van der Waals surface area contributed by atoms with Crippen molar-refractivity contribution in [2.45, 2.75) is 42.3 Å². The largest absolute Gasteiger partial charge is 0.490 e. The van der Waals surface area contributed by atoms with Gasteiger partial charge in [0.05, 0.1) is 17.7 Å². The molecule has 0 radical (unpaired) electrons. The Morgan fingerprint density at radius 2 is 2.03 bits per heavy atom. The lowest BCUT2D eigenvalue weighted by molar-refractivity contribution is 0.112. The van der Waals surface area contributed by atoms with Gasteiger partial charge in [-0.15, -0.1) is 0 Å². The summed E-state index contributed by atoms with van der Waals surface area (Å²) >= 11 is 8.82. The van der Waals surface area contributed by atoms with Crippen LogP contribution in [0.25, 0.3) is 0 Å². The fourth-order valence-electron chi connectivity index (χ4n) is 3.97. The number of carbonyl (C=O) groups excluding carboxylic acids is 1. The van der Waals surface area contributed by atoms with Crippen LogP contribution in [0.15, 0.2) is 30.3 Å². The van der Waals surface area contributed by atoms with Gasteiger partial charge < -0.3 is 20.5 Å². The van der Waals surface area contributed by atoms with E-state index in [-0.39, 0.29) is 0 Å². The molecular weight excluding hydrogens is 527 g/mol. The lowest BCUT2D eigenvalue weighted by atomic mass is 9.78. The normalized spacial score (nSPS) is 21.1. The van der Waals surface area contributed by atoms with Gasteiger partial charge in [0.25, 0.3) is 0 Å². The van der Waals surface area contributed by atoms with E-state index in [0.717, 1.165) is 46.2 Å². The molecule has 2 aromatic carbocycles. The van der Waals surface area contributed by atoms with Gasteiger partial charge in [-0.2, -0.15) is 0 Å². The van der Waals surface area contributed by atoms with E-state index in [1.807, 2.05) is 38.2 Å². The Kier molecular flexibility index (Phi) is 8.75. The topological polar surface area (TPSA) is 73.6 Å². The average molecular weight is 557 g/mol. The quantitative estimate of drug-likeness (QED) is 0.285. The number of carbonyl (C=O) groups is 1. The number of fused-ring (bicyclic) bond motifs is 1. The number of halogens is 2. The molecule has 3 fully saturated rings. The van der Waals surface area contributed by atoms with Gasteiger partial charge >= 0.3 is 0 Å². The van der Waals surface area contributed by atoms with Crippen molar-refractivity contribution in [3.05, 3.63) is 63.2 Å². The second kappa shape index (κ2) is 11.1. The highest BCUT2D eigenvalue weighted by atomic mass is 127. The minimum atomic E-state index is 0.407. The molecule has 3 N–H and O–H groups in total. The molecular formula is C24H30ClIN2O3. The molecule has 0 atom stereocenters. The Balaban J connectivity index is 0.000000280. The summed E-state index contributed by atoms with van der Waals surface area (Å²) < 4.78 is 11.9. The molecule has 0 aromatic heterocycles. The maximum Gasteiger partial charge on any atom is 0.150 e. The predicted molar refractivity (Wildman–Crippen MR) is 134 cm³/mol. The summed E-state index contributed by atoms with van der Waals surface area (Å²) in [4.78, 5) is 10.7. The van der Waals surface area contributed by atoms with Crippen molar-refractivity contribution in [1.82, 2.24) is 5.32 Å². The van der Waals surface area contributed by atoms with E-state index in [2.05, 4.69) is 34.0 Å². The number of benzene rings is 2. The summed E-state index contributed by atoms with van der Waals surface area (Å²) in [5, 5.41) is 3.94. The van der Waals surface area contributed by atoms with Gasteiger partial charge in [0.2, 0.25) is 0 Å². The van der Waals surface area contributed by atoms with E-state index < -0.39 is 0 Å². The molecule has 5 rings (SSSR count). The first-order valence-electron chi connectivity index (χ1n) is 10.5. The lowest BCUT2D eigenvalue weighted by Gasteiger charge is -2.34. The van der Waals surface area contributed by atoms with Crippen LogP contribution in [0.3, 0.4) is 0 Å². The summed E-state index contributed by atoms with van der Waals surface area (Å²) in [6.07, 6.45) is 4.70. The highest BCUT2D eigenvalue weighted by Gasteiger charge is 2.50. The van der Waals surface area contributed by atoms with E-state index in [4.69, 9.17) is 26.8 Å². The van der Waals surface area contributed by atoms with Crippen LogP contribution in [0.2, 0.25) is 5.02 Å². The van der Waals surface area contributed by atoms with E-state index in [0.29, 0.717) is 35.4 Å². The third-order valence-corrected chi connectivity index (χ3v) is 7.31. The van der Waals surface area contributed by atoms with Gasteiger partial charge in [0, 0.05) is 27.6 Å². The summed E-state index contributed by atoms with van der Waals surface area (Å²) in [6, 6.07) is 9.75. The molecule has 0 amide bonds. The number of hydrogen-bond acceptors (Lipinski definition) is 5. The van der Waals surface area contributed by atoms with Gasteiger partial charge in [0.1, 0.15) is 18.6 Å². The van der Waals surface area contributed by atoms with Crippen LogP contribution < -0.4 is 15.8 Å². The van der Waals surface area contributed by atoms with Crippen LogP contribution in [0.5, 0.6) is 5.75 Å². The minimum absolute atomic E-state index is 0.407. The molecule has 2 heterocycles. The summed E-state index contributed by atoms with van der Waals surface area (Å²) in [5.74, 6) is 0.740. The van der Waals surface area contributed by atoms with Crippen LogP contribution in [0.1, 0.15) is 45.5 Å². The van der Waals surface area contributed by atoms with Crippen molar-refractivity contribution in [2.24, 2.45) is 5.73 Å². The Bertz CT molecular complexity index is 893. The zero-order valence-corrected chi connectivity index (χ0v) is 21.0. The van der Waals surface area contributed by atoms with E-state index >= 15 is 0 Å². The van der Waals surface area contributed by atoms with Crippen LogP contribution in [-0.4, -0.2) is 44.7 Å². The second-order valence-electron chi connectivity index (χ2n) is 8.14. The molecule has 1 aliphatic carbocycles. The van der Waals surface area contributed by atoms with Crippen LogP contribution in [0, 0.1) is 6.92 Å². The molecule has 7 heteroatoms. The molecule has 168 valence electrons. The van der Waals surface area contributed by atoms with Crippen LogP contribution >= 0.6 is 34.2 Å². The fourth-order valence-corrected chi connectivity index (χ4v) is 4.84. The van der Waals surface area contributed by atoms with Gasteiger partial charge in [0.15, 0.2) is 0 Å².